The minimum absolute atomic E-state index is 0.398. The van der Waals surface area contributed by atoms with E-state index >= 15 is 0 Å². The Balaban J connectivity index is 2.26. The van der Waals surface area contributed by atoms with Crippen LogP contribution in [0.5, 0.6) is 0 Å². The molecule has 0 bridgehead atoms. The summed E-state index contributed by atoms with van der Waals surface area (Å²) in [6, 6.07) is 16.0. The van der Waals surface area contributed by atoms with Gasteiger partial charge >= 0.3 is 0 Å². The third-order valence-corrected chi connectivity index (χ3v) is 4.25. The molecule has 0 saturated carbocycles. The van der Waals surface area contributed by atoms with Crippen molar-refractivity contribution in [2.24, 2.45) is 5.73 Å². The molecule has 112 valence electrons. The number of hydrogen-bond donors (Lipinski definition) is 1. The van der Waals surface area contributed by atoms with Gasteiger partial charge in [0.25, 0.3) is 0 Å². The standard InChI is InChI=1S/C18H18ClN3/c1-12-6-5-9-17(13(12)2)22-18(10-14(11-20)21-22)15-7-3-4-8-16(15)19/h3-10H,11,20H2,1-2H3. The Hall–Kier alpha value is -2.10. The zero-order chi connectivity index (χ0) is 15.7. The van der Waals surface area contributed by atoms with Gasteiger partial charge in [-0.15, -0.1) is 0 Å². The Kier molecular flexibility index (Phi) is 4.01. The molecule has 0 aliphatic carbocycles. The second-order valence-corrected chi connectivity index (χ2v) is 5.74. The normalized spacial score (nSPS) is 10.9. The molecular weight excluding hydrogens is 294 g/mol. The predicted molar refractivity (Wildman–Crippen MR) is 91.4 cm³/mol. The van der Waals surface area contributed by atoms with E-state index in [0.29, 0.717) is 11.6 Å². The molecule has 0 aliphatic rings. The summed E-state index contributed by atoms with van der Waals surface area (Å²) < 4.78 is 1.94. The van der Waals surface area contributed by atoms with E-state index in [1.54, 1.807) is 0 Å². The number of aryl methyl sites for hydroxylation is 1. The van der Waals surface area contributed by atoms with Crippen molar-refractivity contribution >= 4 is 11.6 Å². The maximum atomic E-state index is 6.37. The van der Waals surface area contributed by atoms with Crippen molar-refractivity contribution in [2.75, 3.05) is 0 Å². The minimum atomic E-state index is 0.398. The van der Waals surface area contributed by atoms with Crippen LogP contribution in [0.2, 0.25) is 5.02 Å². The molecule has 0 aliphatic heterocycles. The Bertz CT molecular complexity index is 821. The van der Waals surface area contributed by atoms with Crippen molar-refractivity contribution in [3.05, 3.63) is 70.4 Å². The smallest absolute Gasteiger partial charge is 0.0771 e. The molecule has 0 unspecified atom stereocenters. The predicted octanol–water partition coefficient (Wildman–Crippen LogP) is 4.27. The number of halogens is 1. The van der Waals surface area contributed by atoms with E-state index in [4.69, 9.17) is 17.3 Å². The van der Waals surface area contributed by atoms with Crippen LogP contribution in [0, 0.1) is 13.8 Å². The first-order valence-electron chi connectivity index (χ1n) is 7.22. The molecule has 0 atom stereocenters. The fraction of sp³-hybridized carbons (Fsp3) is 0.167. The highest BCUT2D eigenvalue weighted by Gasteiger charge is 2.15. The Morgan fingerprint density at radius 2 is 1.86 bits per heavy atom. The van der Waals surface area contributed by atoms with Crippen LogP contribution in [0.4, 0.5) is 0 Å². The van der Waals surface area contributed by atoms with Gasteiger partial charge in [-0.3, -0.25) is 0 Å². The summed E-state index contributed by atoms with van der Waals surface area (Å²) in [7, 11) is 0. The first-order valence-corrected chi connectivity index (χ1v) is 7.60. The molecule has 0 fully saturated rings. The van der Waals surface area contributed by atoms with Gasteiger partial charge in [-0.05, 0) is 43.2 Å². The molecule has 2 N–H and O–H groups in total. The first-order chi connectivity index (χ1) is 10.6. The van der Waals surface area contributed by atoms with Crippen LogP contribution in [-0.4, -0.2) is 9.78 Å². The van der Waals surface area contributed by atoms with Gasteiger partial charge in [0.2, 0.25) is 0 Å². The highest BCUT2D eigenvalue weighted by Crippen LogP contribution is 2.31. The molecule has 1 heterocycles. The molecule has 4 heteroatoms. The molecule has 3 rings (SSSR count). The molecule has 0 radical (unpaired) electrons. The first kappa shape index (κ1) is 14.8. The van der Waals surface area contributed by atoms with E-state index in [1.807, 2.05) is 41.1 Å². The van der Waals surface area contributed by atoms with Crippen molar-refractivity contribution in [1.29, 1.82) is 0 Å². The zero-order valence-electron chi connectivity index (χ0n) is 12.7. The molecule has 22 heavy (non-hydrogen) atoms. The summed E-state index contributed by atoms with van der Waals surface area (Å²) in [5.74, 6) is 0. The van der Waals surface area contributed by atoms with Gasteiger partial charge in [-0.2, -0.15) is 5.10 Å². The fourth-order valence-corrected chi connectivity index (χ4v) is 2.77. The van der Waals surface area contributed by atoms with Crippen LogP contribution < -0.4 is 5.73 Å². The molecule has 3 aromatic rings. The maximum Gasteiger partial charge on any atom is 0.0771 e. The van der Waals surface area contributed by atoms with Gasteiger partial charge in [0.05, 0.1) is 17.1 Å². The summed E-state index contributed by atoms with van der Waals surface area (Å²) in [6.07, 6.45) is 0. The third-order valence-electron chi connectivity index (χ3n) is 3.92. The Labute approximate surface area is 135 Å². The minimum Gasteiger partial charge on any atom is -0.325 e. The summed E-state index contributed by atoms with van der Waals surface area (Å²) in [5, 5.41) is 5.36. The van der Waals surface area contributed by atoms with Crippen LogP contribution >= 0.6 is 11.6 Å². The van der Waals surface area contributed by atoms with Crippen molar-refractivity contribution in [3.8, 4) is 16.9 Å². The van der Waals surface area contributed by atoms with E-state index in [9.17, 15) is 0 Å². The van der Waals surface area contributed by atoms with Crippen LogP contribution in [0.25, 0.3) is 16.9 Å². The summed E-state index contributed by atoms with van der Waals surface area (Å²) in [4.78, 5) is 0. The van der Waals surface area contributed by atoms with Gasteiger partial charge < -0.3 is 5.73 Å². The van der Waals surface area contributed by atoms with Crippen molar-refractivity contribution in [2.45, 2.75) is 20.4 Å². The quantitative estimate of drug-likeness (QED) is 0.785. The summed E-state index contributed by atoms with van der Waals surface area (Å²) >= 11 is 6.37. The van der Waals surface area contributed by atoms with Gasteiger partial charge in [0, 0.05) is 17.1 Å². The SMILES string of the molecule is Cc1cccc(-n2nc(CN)cc2-c2ccccc2Cl)c1C. The lowest BCUT2D eigenvalue weighted by Crippen LogP contribution is -2.04. The van der Waals surface area contributed by atoms with E-state index in [1.165, 1.54) is 11.1 Å². The molecular formula is C18H18ClN3. The van der Waals surface area contributed by atoms with E-state index < -0.39 is 0 Å². The van der Waals surface area contributed by atoms with Crippen LogP contribution in [-0.2, 0) is 6.54 Å². The van der Waals surface area contributed by atoms with Crippen LogP contribution in [0.15, 0.2) is 48.5 Å². The highest BCUT2D eigenvalue weighted by molar-refractivity contribution is 6.33. The third kappa shape index (κ3) is 2.54. The van der Waals surface area contributed by atoms with Crippen molar-refractivity contribution in [1.82, 2.24) is 9.78 Å². The second-order valence-electron chi connectivity index (χ2n) is 5.34. The van der Waals surface area contributed by atoms with Crippen LogP contribution in [0.1, 0.15) is 16.8 Å². The molecule has 0 saturated heterocycles. The number of nitrogens with zero attached hydrogens (tertiary/aromatic N) is 2. The molecule has 3 nitrogen and oxygen atoms in total. The van der Waals surface area contributed by atoms with Gasteiger partial charge in [-0.1, -0.05) is 41.9 Å². The van der Waals surface area contributed by atoms with E-state index in [-0.39, 0.29) is 0 Å². The second kappa shape index (κ2) is 5.95. The van der Waals surface area contributed by atoms with E-state index in [0.717, 1.165) is 22.6 Å². The monoisotopic (exact) mass is 311 g/mol. The summed E-state index contributed by atoms with van der Waals surface area (Å²) in [6.45, 7) is 4.60. The fourth-order valence-electron chi connectivity index (χ4n) is 2.54. The zero-order valence-corrected chi connectivity index (χ0v) is 13.4. The lowest BCUT2D eigenvalue weighted by atomic mass is 10.1. The maximum absolute atomic E-state index is 6.37. The number of rotatable bonds is 3. The van der Waals surface area contributed by atoms with E-state index in [2.05, 4.69) is 31.1 Å². The number of nitrogens with two attached hydrogens (primary N) is 1. The number of hydrogen-bond acceptors (Lipinski definition) is 2. The number of aromatic nitrogens is 2. The highest BCUT2D eigenvalue weighted by atomic mass is 35.5. The van der Waals surface area contributed by atoms with Crippen molar-refractivity contribution < 1.29 is 0 Å². The van der Waals surface area contributed by atoms with Gasteiger partial charge in [0.15, 0.2) is 0 Å². The van der Waals surface area contributed by atoms with Crippen LogP contribution in [0.3, 0.4) is 0 Å². The largest absolute Gasteiger partial charge is 0.325 e. The Morgan fingerprint density at radius 3 is 2.59 bits per heavy atom. The molecule has 2 aromatic carbocycles. The van der Waals surface area contributed by atoms with Gasteiger partial charge in [-0.25, -0.2) is 4.68 Å². The number of benzene rings is 2. The molecule has 0 spiro atoms. The lowest BCUT2D eigenvalue weighted by Gasteiger charge is -2.13. The molecule has 1 aromatic heterocycles. The Morgan fingerprint density at radius 1 is 1.09 bits per heavy atom. The topological polar surface area (TPSA) is 43.8 Å². The van der Waals surface area contributed by atoms with Crippen molar-refractivity contribution in [3.63, 3.8) is 0 Å². The lowest BCUT2D eigenvalue weighted by molar-refractivity contribution is 0.832. The van der Waals surface area contributed by atoms with Gasteiger partial charge in [0.1, 0.15) is 0 Å². The molecule has 0 amide bonds. The average molecular weight is 312 g/mol. The average Bonchev–Trinajstić information content (AvgIpc) is 2.94. The summed E-state index contributed by atoms with van der Waals surface area (Å²) in [5.41, 5.74) is 12.0.